The molecule has 0 saturated heterocycles. The van der Waals surface area contributed by atoms with Crippen LogP contribution in [0.5, 0.6) is 0 Å². The second-order valence-corrected chi connectivity index (χ2v) is 2.46. The molecular weight excluding hydrogens is 223 g/mol. The Bertz CT molecular complexity index is 253. The minimum Gasteiger partial charge on any atom is -0.545 e. The fourth-order valence-electron chi connectivity index (χ4n) is 0.593. The second kappa shape index (κ2) is 7.47. The molecule has 74 valence electrons. The Morgan fingerprint density at radius 2 is 1.79 bits per heavy atom. The Morgan fingerprint density at radius 1 is 1.36 bits per heavy atom. The number of Topliss-reactive ketones (excluding diaryl/α,β-unsaturated/α-hetero) is 1. The summed E-state index contributed by atoms with van der Waals surface area (Å²) in [5.74, 6) is -3.65. The van der Waals surface area contributed by atoms with E-state index in [2.05, 4.69) is 0 Å². The zero-order valence-corrected chi connectivity index (χ0v) is 11.2. The number of carbonyl (C=O) groups is 2. The van der Waals surface area contributed by atoms with Crippen LogP contribution < -0.4 is 56.5 Å². The predicted molar refractivity (Wildman–Crippen MR) is 37.8 cm³/mol. The van der Waals surface area contributed by atoms with Crippen LogP contribution in [0.4, 0.5) is 8.78 Å². The Morgan fingerprint density at radius 3 is 2.00 bits per heavy atom. The molecule has 7 heteroatoms. The van der Waals surface area contributed by atoms with E-state index in [0.29, 0.717) is 0 Å². The van der Waals surface area contributed by atoms with Gasteiger partial charge in [-0.05, 0) is 0 Å². The molecule has 0 bridgehead atoms. The molecule has 0 radical (unpaired) electrons. The first-order valence-electron chi connectivity index (χ1n) is 3.28. The maximum Gasteiger partial charge on any atom is 1.00 e. The summed E-state index contributed by atoms with van der Waals surface area (Å²) >= 11 is 0. The van der Waals surface area contributed by atoms with Gasteiger partial charge in [0, 0.05) is 20.3 Å². The zero-order valence-electron chi connectivity index (χ0n) is 8.08. The van der Waals surface area contributed by atoms with E-state index in [9.17, 15) is 23.5 Å². The van der Waals surface area contributed by atoms with Crippen LogP contribution in [0.2, 0.25) is 0 Å². The standard InChI is InChI=1S/C7H9F2NO3.K/c1-10(2)3-4(7(12)13)5(11)6(8)9;/h3,6H,1-2H3,(H,12,13);/q;+1/p-1. The average Bonchev–Trinajstić information content (AvgIpc) is 1.97. The summed E-state index contributed by atoms with van der Waals surface area (Å²) in [5.41, 5.74) is -1.03. The molecule has 0 unspecified atom stereocenters. The number of hydrogen-bond donors (Lipinski definition) is 0. The van der Waals surface area contributed by atoms with Crippen molar-refractivity contribution in [2.24, 2.45) is 0 Å². The van der Waals surface area contributed by atoms with Gasteiger partial charge in [0.1, 0.15) is 0 Å². The summed E-state index contributed by atoms with van der Waals surface area (Å²) in [7, 11) is 2.81. The van der Waals surface area contributed by atoms with Gasteiger partial charge in [-0.1, -0.05) is 0 Å². The van der Waals surface area contributed by atoms with E-state index in [4.69, 9.17) is 0 Å². The maximum absolute atomic E-state index is 11.8. The van der Waals surface area contributed by atoms with Crippen LogP contribution in [0.3, 0.4) is 0 Å². The van der Waals surface area contributed by atoms with Crippen LogP contribution in [-0.4, -0.2) is 37.2 Å². The summed E-state index contributed by atoms with van der Waals surface area (Å²) in [6.45, 7) is 0. The van der Waals surface area contributed by atoms with Crippen LogP contribution in [0.1, 0.15) is 0 Å². The van der Waals surface area contributed by atoms with Crippen LogP contribution in [0.15, 0.2) is 11.8 Å². The monoisotopic (exact) mass is 231 g/mol. The minimum atomic E-state index is -3.33. The summed E-state index contributed by atoms with van der Waals surface area (Å²) in [6, 6.07) is 0. The number of carboxylic acids is 1. The molecule has 0 aliphatic heterocycles. The Kier molecular flexibility index (Phi) is 8.85. The molecule has 0 aliphatic carbocycles. The summed E-state index contributed by atoms with van der Waals surface area (Å²) in [6.07, 6.45) is -2.55. The normalized spacial score (nSPS) is 10.8. The number of hydrogen-bond acceptors (Lipinski definition) is 4. The van der Waals surface area contributed by atoms with Gasteiger partial charge in [0.25, 0.3) is 0 Å². The first-order valence-corrected chi connectivity index (χ1v) is 3.28. The molecule has 0 saturated carbocycles. The van der Waals surface area contributed by atoms with Gasteiger partial charge in [0.05, 0.1) is 11.5 Å². The zero-order chi connectivity index (χ0) is 10.6. The van der Waals surface area contributed by atoms with Gasteiger partial charge < -0.3 is 14.8 Å². The van der Waals surface area contributed by atoms with Gasteiger partial charge in [0.15, 0.2) is 0 Å². The fourth-order valence-corrected chi connectivity index (χ4v) is 0.593. The predicted octanol–water partition coefficient (Wildman–Crippen LogP) is -3.98. The van der Waals surface area contributed by atoms with Gasteiger partial charge in [-0.3, -0.25) is 4.79 Å². The van der Waals surface area contributed by atoms with Crippen molar-refractivity contribution in [2.45, 2.75) is 6.43 Å². The molecule has 0 fully saturated rings. The molecule has 0 aliphatic rings. The molecule has 0 heterocycles. The summed E-state index contributed by atoms with van der Waals surface area (Å²) in [5, 5.41) is 10.2. The van der Waals surface area contributed by atoms with Crippen molar-refractivity contribution in [2.75, 3.05) is 14.1 Å². The van der Waals surface area contributed by atoms with E-state index in [1.807, 2.05) is 0 Å². The van der Waals surface area contributed by atoms with E-state index in [0.717, 1.165) is 6.20 Å². The van der Waals surface area contributed by atoms with Crippen LogP contribution in [0.25, 0.3) is 0 Å². The Labute approximate surface area is 122 Å². The molecule has 0 atom stereocenters. The van der Waals surface area contributed by atoms with E-state index >= 15 is 0 Å². The number of aliphatic carboxylic acids is 1. The third-order valence-electron chi connectivity index (χ3n) is 1.07. The quantitative estimate of drug-likeness (QED) is 0.214. The van der Waals surface area contributed by atoms with Gasteiger partial charge in [0.2, 0.25) is 5.78 Å². The van der Waals surface area contributed by atoms with Crippen molar-refractivity contribution in [3.63, 3.8) is 0 Å². The molecular formula is C7H8F2KNO3. The summed E-state index contributed by atoms with van der Waals surface area (Å²) < 4.78 is 23.6. The van der Waals surface area contributed by atoms with Crippen molar-refractivity contribution in [3.05, 3.63) is 11.8 Å². The van der Waals surface area contributed by atoms with Crippen LogP contribution in [-0.2, 0) is 9.59 Å². The molecule has 0 aromatic rings. The molecule has 4 nitrogen and oxygen atoms in total. The summed E-state index contributed by atoms with van der Waals surface area (Å²) in [4.78, 5) is 21.9. The van der Waals surface area contributed by atoms with Crippen molar-refractivity contribution >= 4 is 11.8 Å². The minimum absolute atomic E-state index is 0. The van der Waals surface area contributed by atoms with E-state index in [1.165, 1.54) is 19.0 Å². The number of nitrogens with zero attached hydrogens (tertiary/aromatic N) is 1. The number of ketones is 1. The first-order chi connectivity index (χ1) is 5.86. The molecule has 0 N–H and O–H groups in total. The smallest absolute Gasteiger partial charge is 0.545 e. The van der Waals surface area contributed by atoms with Crippen molar-refractivity contribution in [1.82, 2.24) is 4.90 Å². The number of carboxylic acid groups (broad SMARTS) is 1. The van der Waals surface area contributed by atoms with E-state index < -0.39 is 23.8 Å². The van der Waals surface area contributed by atoms with Crippen molar-refractivity contribution < 1.29 is 74.9 Å². The van der Waals surface area contributed by atoms with Crippen molar-refractivity contribution in [3.8, 4) is 0 Å². The van der Waals surface area contributed by atoms with Gasteiger partial charge >= 0.3 is 57.8 Å². The second-order valence-electron chi connectivity index (χ2n) is 2.46. The molecule has 0 aromatic heterocycles. The van der Waals surface area contributed by atoms with Crippen LogP contribution in [0, 0.1) is 0 Å². The van der Waals surface area contributed by atoms with Crippen LogP contribution >= 0.6 is 0 Å². The van der Waals surface area contributed by atoms with Gasteiger partial charge in [-0.25, -0.2) is 8.78 Å². The fraction of sp³-hybridized carbons (Fsp3) is 0.429. The molecule has 14 heavy (non-hydrogen) atoms. The number of alkyl halides is 2. The molecule has 0 rings (SSSR count). The third-order valence-corrected chi connectivity index (χ3v) is 1.07. The molecule has 0 spiro atoms. The largest absolute Gasteiger partial charge is 1.00 e. The number of halogens is 2. The first kappa shape index (κ1) is 16.6. The Hall–Kier alpha value is 0.176. The number of rotatable bonds is 4. The van der Waals surface area contributed by atoms with E-state index in [1.54, 1.807) is 0 Å². The van der Waals surface area contributed by atoms with E-state index in [-0.39, 0.29) is 51.4 Å². The average molecular weight is 231 g/mol. The Balaban J connectivity index is 0. The van der Waals surface area contributed by atoms with Crippen molar-refractivity contribution in [1.29, 1.82) is 0 Å². The SMILES string of the molecule is CN(C)C=C(C(=O)[O-])C(=O)C(F)F.[K+]. The number of carbonyl (C=O) groups excluding carboxylic acids is 2. The molecule has 0 amide bonds. The topological polar surface area (TPSA) is 60.4 Å². The molecule has 0 aromatic carbocycles. The maximum atomic E-state index is 11.8. The van der Waals surface area contributed by atoms with Gasteiger partial charge in [-0.15, -0.1) is 0 Å². The third kappa shape index (κ3) is 5.81. The van der Waals surface area contributed by atoms with Gasteiger partial charge in [-0.2, -0.15) is 0 Å².